The second kappa shape index (κ2) is 4.67. The van der Waals surface area contributed by atoms with Crippen molar-refractivity contribution >= 4 is 17.3 Å². The van der Waals surface area contributed by atoms with Crippen molar-refractivity contribution in [1.82, 2.24) is 4.90 Å². The van der Waals surface area contributed by atoms with Crippen LogP contribution in [0.2, 0.25) is 5.02 Å². The fraction of sp³-hybridized carbons (Fsp3) is 0.538. The molecule has 0 aromatic heterocycles. The Hall–Kier alpha value is -0.870. The molecule has 2 nitrogen and oxygen atoms in total. The first-order valence-electron chi connectivity index (χ1n) is 6.27. The summed E-state index contributed by atoms with van der Waals surface area (Å²) >= 11 is 5.90. The van der Waals surface area contributed by atoms with Gasteiger partial charge >= 0.3 is 0 Å². The van der Waals surface area contributed by atoms with Crippen LogP contribution < -0.4 is 5.32 Å². The SMILES string of the molecule is Fc1cc(F)c(NC2CN3CCC2CC3)c(Cl)c1. The first-order chi connectivity index (χ1) is 8.63. The van der Waals surface area contributed by atoms with Crippen LogP contribution in [0.4, 0.5) is 14.5 Å². The molecule has 3 saturated heterocycles. The summed E-state index contributed by atoms with van der Waals surface area (Å²) in [4.78, 5) is 2.37. The molecule has 3 heterocycles. The van der Waals surface area contributed by atoms with E-state index in [1.165, 1.54) is 0 Å². The number of nitrogens with zero attached hydrogens (tertiary/aromatic N) is 1. The zero-order valence-electron chi connectivity index (χ0n) is 9.93. The van der Waals surface area contributed by atoms with Crippen molar-refractivity contribution in [3.8, 4) is 0 Å². The molecule has 98 valence electrons. The molecule has 0 spiro atoms. The summed E-state index contributed by atoms with van der Waals surface area (Å²) in [6.45, 7) is 3.17. The van der Waals surface area contributed by atoms with Gasteiger partial charge < -0.3 is 10.2 Å². The van der Waals surface area contributed by atoms with Gasteiger partial charge in [0.15, 0.2) is 5.82 Å². The van der Waals surface area contributed by atoms with Crippen LogP contribution in [0.3, 0.4) is 0 Å². The van der Waals surface area contributed by atoms with Crippen LogP contribution in [-0.4, -0.2) is 30.6 Å². The minimum Gasteiger partial charge on any atom is -0.377 e. The molecular weight excluding hydrogens is 258 g/mol. The Bertz CT molecular complexity index is 435. The maximum atomic E-state index is 13.7. The van der Waals surface area contributed by atoms with Gasteiger partial charge in [-0.1, -0.05) is 11.6 Å². The maximum absolute atomic E-state index is 13.7. The largest absolute Gasteiger partial charge is 0.377 e. The Balaban J connectivity index is 1.81. The molecule has 1 atom stereocenters. The quantitative estimate of drug-likeness (QED) is 0.890. The first-order valence-corrected chi connectivity index (χ1v) is 6.65. The number of rotatable bonds is 2. The molecule has 5 heteroatoms. The minimum atomic E-state index is -0.642. The zero-order chi connectivity index (χ0) is 12.7. The first kappa shape index (κ1) is 12.2. The van der Waals surface area contributed by atoms with E-state index in [-0.39, 0.29) is 16.8 Å². The highest BCUT2D eigenvalue weighted by Gasteiger charge is 2.34. The van der Waals surface area contributed by atoms with E-state index in [2.05, 4.69) is 10.2 Å². The van der Waals surface area contributed by atoms with Crippen molar-refractivity contribution in [1.29, 1.82) is 0 Å². The van der Waals surface area contributed by atoms with Crippen LogP contribution in [0.5, 0.6) is 0 Å². The third-order valence-corrected chi connectivity index (χ3v) is 4.29. The molecule has 18 heavy (non-hydrogen) atoms. The van der Waals surface area contributed by atoms with Crippen LogP contribution in [0, 0.1) is 17.6 Å². The molecule has 3 fully saturated rings. The number of piperidine rings is 3. The van der Waals surface area contributed by atoms with Crippen molar-refractivity contribution < 1.29 is 8.78 Å². The topological polar surface area (TPSA) is 15.3 Å². The average Bonchev–Trinajstić information content (AvgIpc) is 2.35. The molecule has 0 saturated carbocycles. The van der Waals surface area contributed by atoms with E-state index in [9.17, 15) is 8.78 Å². The van der Waals surface area contributed by atoms with E-state index in [1.807, 2.05) is 0 Å². The van der Waals surface area contributed by atoms with Gasteiger partial charge in [0.25, 0.3) is 0 Å². The van der Waals surface area contributed by atoms with Gasteiger partial charge in [0, 0.05) is 18.7 Å². The second-order valence-electron chi connectivity index (χ2n) is 5.13. The molecule has 4 rings (SSSR count). The van der Waals surface area contributed by atoms with Gasteiger partial charge in [-0.15, -0.1) is 0 Å². The summed E-state index contributed by atoms with van der Waals surface area (Å²) < 4.78 is 26.7. The highest BCUT2D eigenvalue weighted by molar-refractivity contribution is 6.33. The standard InChI is InChI=1S/C13H15ClF2N2/c14-10-5-9(15)6-11(16)13(10)17-12-7-18-3-1-8(12)2-4-18/h5-6,8,12,17H,1-4,7H2. The summed E-state index contributed by atoms with van der Waals surface area (Å²) in [5.74, 6) is -0.691. The molecule has 1 unspecified atom stereocenters. The Morgan fingerprint density at radius 2 is 1.94 bits per heavy atom. The van der Waals surface area contributed by atoms with Gasteiger partial charge in [-0.25, -0.2) is 8.78 Å². The predicted molar refractivity (Wildman–Crippen MR) is 67.9 cm³/mol. The lowest BCUT2D eigenvalue weighted by atomic mass is 9.84. The van der Waals surface area contributed by atoms with Gasteiger partial charge in [0.1, 0.15) is 5.82 Å². The Labute approximate surface area is 110 Å². The van der Waals surface area contributed by atoms with Gasteiger partial charge in [-0.3, -0.25) is 0 Å². The molecule has 2 bridgehead atoms. The van der Waals surface area contributed by atoms with Crippen molar-refractivity contribution in [2.24, 2.45) is 5.92 Å². The van der Waals surface area contributed by atoms with Gasteiger partial charge in [0.2, 0.25) is 0 Å². The van der Waals surface area contributed by atoms with Gasteiger partial charge in [-0.05, 0) is 37.9 Å². The van der Waals surface area contributed by atoms with Crippen LogP contribution in [-0.2, 0) is 0 Å². The van der Waals surface area contributed by atoms with E-state index in [0.717, 1.165) is 44.6 Å². The van der Waals surface area contributed by atoms with Gasteiger partial charge in [0.05, 0.1) is 10.7 Å². The van der Waals surface area contributed by atoms with Crippen molar-refractivity contribution in [2.75, 3.05) is 25.0 Å². The maximum Gasteiger partial charge on any atom is 0.150 e. The third kappa shape index (κ3) is 2.19. The van der Waals surface area contributed by atoms with E-state index in [1.54, 1.807) is 0 Å². The summed E-state index contributed by atoms with van der Waals surface area (Å²) in [5.41, 5.74) is 0.233. The lowest BCUT2D eigenvalue weighted by molar-refractivity contribution is 0.0974. The summed E-state index contributed by atoms with van der Waals surface area (Å²) in [6, 6.07) is 2.23. The van der Waals surface area contributed by atoms with E-state index < -0.39 is 11.6 Å². The number of hydrogen-bond acceptors (Lipinski definition) is 2. The van der Waals surface area contributed by atoms with E-state index in [0.29, 0.717) is 5.92 Å². The summed E-state index contributed by atoms with van der Waals surface area (Å²) in [6.07, 6.45) is 2.27. The highest BCUT2D eigenvalue weighted by atomic mass is 35.5. The minimum absolute atomic E-state index is 0.115. The van der Waals surface area contributed by atoms with Crippen LogP contribution >= 0.6 is 11.6 Å². The fourth-order valence-electron chi connectivity index (χ4n) is 2.99. The lowest BCUT2D eigenvalue weighted by Crippen LogP contribution is -2.53. The molecule has 1 aromatic carbocycles. The van der Waals surface area contributed by atoms with Crippen LogP contribution in [0.15, 0.2) is 12.1 Å². The average molecular weight is 273 g/mol. The van der Waals surface area contributed by atoms with Crippen molar-refractivity contribution in [3.63, 3.8) is 0 Å². The number of nitrogens with one attached hydrogen (secondary N) is 1. The summed E-state index contributed by atoms with van der Waals surface area (Å²) in [5, 5.41) is 3.28. The molecule has 1 N–H and O–H groups in total. The fourth-order valence-corrected chi connectivity index (χ4v) is 3.24. The zero-order valence-corrected chi connectivity index (χ0v) is 10.7. The molecule has 3 aliphatic heterocycles. The Morgan fingerprint density at radius 3 is 2.50 bits per heavy atom. The molecule has 3 aliphatic rings. The second-order valence-corrected chi connectivity index (χ2v) is 5.54. The van der Waals surface area contributed by atoms with Gasteiger partial charge in [-0.2, -0.15) is 0 Å². The number of hydrogen-bond donors (Lipinski definition) is 1. The number of anilines is 1. The monoisotopic (exact) mass is 272 g/mol. The summed E-state index contributed by atoms with van der Waals surface area (Å²) in [7, 11) is 0. The smallest absolute Gasteiger partial charge is 0.150 e. The van der Waals surface area contributed by atoms with E-state index >= 15 is 0 Å². The molecule has 0 aliphatic carbocycles. The van der Waals surface area contributed by atoms with Crippen molar-refractivity contribution in [3.05, 3.63) is 28.8 Å². The molecular formula is C13H15ClF2N2. The highest BCUT2D eigenvalue weighted by Crippen LogP contribution is 2.33. The molecule has 0 amide bonds. The third-order valence-electron chi connectivity index (χ3n) is 3.99. The van der Waals surface area contributed by atoms with Crippen LogP contribution in [0.1, 0.15) is 12.8 Å². The Morgan fingerprint density at radius 1 is 1.22 bits per heavy atom. The lowest BCUT2D eigenvalue weighted by Gasteiger charge is -2.45. The van der Waals surface area contributed by atoms with Crippen molar-refractivity contribution in [2.45, 2.75) is 18.9 Å². The normalized spacial score (nSPS) is 30.5. The Kier molecular flexibility index (Phi) is 3.16. The number of halogens is 3. The molecule has 0 radical (unpaired) electrons. The molecule has 1 aromatic rings. The number of fused-ring (bicyclic) bond motifs is 3. The van der Waals surface area contributed by atoms with Crippen LogP contribution in [0.25, 0.3) is 0 Å². The van der Waals surface area contributed by atoms with E-state index in [4.69, 9.17) is 11.6 Å². The predicted octanol–water partition coefficient (Wildman–Crippen LogP) is 3.12. The number of benzene rings is 1.